The molecule has 0 aromatic carbocycles. The Kier molecular flexibility index (Phi) is 4.01. The summed E-state index contributed by atoms with van der Waals surface area (Å²) in [6, 6.07) is 3.45. The zero-order valence-corrected chi connectivity index (χ0v) is 11.1. The lowest BCUT2D eigenvalue weighted by Crippen LogP contribution is -2.13. The maximum atomic E-state index is 11.9. The van der Waals surface area contributed by atoms with Crippen molar-refractivity contribution in [1.82, 2.24) is 14.9 Å². The highest BCUT2D eigenvalue weighted by atomic mass is 32.1. The van der Waals surface area contributed by atoms with Crippen LogP contribution in [-0.2, 0) is 6.54 Å². The monoisotopic (exact) mass is 262 g/mol. The van der Waals surface area contributed by atoms with Crippen LogP contribution >= 0.6 is 11.3 Å². The number of hydrogen-bond acceptors (Lipinski definition) is 5. The first-order valence-corrected chi connectivity index (χ1v) is 6.33. The Morgan fingerprint density at radius 1 is 1.50 bits per heavy atom. The summed E-state index contributed by atoms with van der Waals surface area (Å²) in [7, 11) is 3.96. The predicted octanol–water partition coefficient (Wildman–Crippen LogP) is 1.85. The standard InChI is InChI=1S/C12H14N4OS/c1-16(2)7-10-8-18-12(14-10)15-11(17)9-4-3-5-13-6-9/h3-6,8H,7H2,1-2H3,(H,14,15,17). The number of rotatable bonds is 4. The second-order valence-corrected chi connectivity index (χ2v) is 4.94. The first-order valence-electron chi connectivity index (χ1n) is 5.45. The van der Waals surface area contributed by atoms with Gasteiger partial charge in [-0.15, -0.1) is 11.3 Å². The molecule has 5 nitrogen and oxygen atoms in total. The quantitative estimate of drug-likeness (QED) is 0.913. The van der Waals surface area contributed by atoms with E-state index in [9.17, 15) is 4.79 Å². The van der Waals surface area contributed by atoms with E-state index in [0.717, 1.165) is 12.2 Å². The molecule has 1 amide bonds. The van der Waals surface area contributed by atoms with Crippen molar-refractivity contribution in [3.63, 3.8) is 0 Å². The number of pyridine rings is 1. The minimum absolute atomic E-state index is 0.186. The molecule has 18 heavy (non-hydrogen) atoms. The van der Waals surface area contributed by atoms with Crippen LogP contribution in [0, 0.1) is 0 Å². The van der Waals surface area contributed by atoms with Crippen molar-refractivity contribution < 1.29 is 4.79 Å². The summed E-state index contributed by atoms with van der Waals surface area (Å²) < 4.78 is 0. The highest BCUT2D eigenvalue weighted by molar-refractivity contribution is 7.13. The van der Waals surface area contributed by atoms with Crippen LogP contribution in [0.3, 0.4) is 0 Å². The predicted molar refractivity (Wildman–Crippen MR) is 71.7 cm³/mol. The molecular formula is C12H14N4OS. The van der Waals surface area contributed by atoms with Gasteiger partial charge in [-0.3, -0.25) is 15.1 Å². The molecule has 2 aromatic rings. The van der Waals surface area contributed by atoms with E-state index >= 15 is 0 Å². The lowest BCUT2D eigenvalue weighted by atomic mass is 10.3. The number of nitrogens with one attached hydrogen (secondary N) is 1. The maximum absolute atomic E-state index is 11.9. The van der Waals surface area contributed by atoms with Gasteiger partial charge in [-0.1, -0.05) is 0 Å². The molecule has 0 fully saturated rings. The molecule has 0 bridgehead atoms. The summed E-state index contributed by atoms with van der Waals surface area (Å²) in [6.45, 7) is 0.763. The van der Waals surface area contributed by atoms with Gasteiger partial charge in [-0.05, 0) is 26.2 Å². The Morgan fingerprint density at radius 2 is 2.33 bits per heavy atom. The van der Waals surface area contributed by atoms with Crippen LogP contribution in [0.2, 0.25) is 0 Å². The second kappa shape index (κ2) is 5.70. The molecule has 1 N–H and O–H groups in total. The number of carbonyl (C=O) groups is 1. The van der Waals surface area contributed by atoms with Crippen LogP contribution in [0.1, 0.15) is 16.1 Å². The van der Waals surface area contributed by atoms with Crippen LogP contribution in [0.25, 0.3) is 0 Å². The van der Waals surface area contributed by atoms with Crippen LogP contribution in [0.4, 0.5) is 5.13 Å². The van der Waals surface area contributed by atoms with Crippen molar-refractivity contribution in [2.45, 2.75) is 6.54 Å². The first kappa shape index (κ1) is 12.7. The Hall–Kier alpha value is -1.79. The topological polar surface area (TPSA) is 58.1 Å². The van der Waals surface area contributed by atoms with E-state index in [-0.39, 0.29) is 5.91 Å². The molecule has 94 valence electrons. The third kappa shape index (κ3) is 3.35. The molecule has 0 saturated carbocycles. The molecule has 2 rings (SSSR count). The molecule has 2 aromatic heterocycles. The first-order chi connectivity index (χ1) is 8.65. The third-order valence-electron chi connectivity index (χ3n) is 2.17. The van der Waals surface area contributed by atoms with Gasteiger partial charge in [-0.25, -0.2) is 4.98 Å². The smallest absolute Gasteiger partial charge is 0.259 e. The van der Waals surface area contributed by atoms with E-state index in [1.54, 1.807) is 18.3 Å². The molecule has 0 atom stereocenters. The molecular weight excluding hydrogens is 248 g/mol. The summed E-state index contributed by atoms with van der Waals surface area (Å²) >= 11 is 1.42. The van der Waals surface area contributed by atoms with Gasteiger partial charge in [0, 0.05) is 24.3 Å². The second-order valence-electron chi connectivity index (χ2n) is 4.08. The summed E-state index contributed by atoms with van der Waals surface area (Å²) in [4.78, 5) is 22.1. The Labute approximate surface area is 109 Å². The average Bonchev–Trinajstić information content (AvgIpc) is 2.76. The van der Waals surface area contributed by atoms with E-state index in [2.05, 4.69) is 15.3 Å². The molecule has 0 saturated heterocycles. The number of aromatic nitrogens is 2. The molecule has 0 spiro atoms. The minimum Gasteiger partial charge on any atom is -0.304 e. The highest BCUT2D eigenvalue weighted by Crippen LogP contribution is 2.17. The van der Waals surface area contributed by atoms with Crippen molar-refractivity contribution >= 4 is 22.4 Å². The summed E-state index contributed by atoms with van der Waals surface area (Å²) in [5, 5.41) is 5.32. The van der Waals surface area contributed by atoms with Crippen molar-refractivity contribution in [2.75, 3.05) is 19.4 Å². The lowest BCUT2D eigenvalue weighted by molar-refractivity contribution is 0.102. The molecule has 0 aliphatic carbocycles. The van der Waals surface area contributed by atoms with Gasteiger partial charge in [0.2, 0.25) is 0 Å². The van der Waals surface area contributed by atoms with Crippen LogP contribution in [0.5, 0.6) is 0 Å². The largest absolute Gasteiger partial charge is 0.304 e. The van der Waals surface area contributed by atoms with Gasteiger partial charge in [0.05, 0.1) is 11.3 Å². The molecule has 0 aliphatic heterocycles. The van der Waals surface area contributed by atoms with Crippen molar-refractivity contribution in [1.29, 1.82) is 0 Å². The van der Waals surface area contributed by atoms with Crippen LogP contribution in [-0.4, -0.2) is 34.9 Å². The van der Waals surface area contributed by atoms with E-state index < -0.39 is 0 Å². The lowest BCUT2D eigenvalue weighted by Gasteiger charge is -2.05. The van der Waals surface area contributed by atoms with Gasteiger partial charge in [-0.2, -0.15) is 0 Å². The normalized spacial score (nSPS) is 10.6. The molecule has 0 radical (unpaired) electrons. The van der Waals surface area contributed by atoms with E-state index in [0.29, 0.717) is 10.7 Å². The zero-order valence-electron chi connectivity index (χ0n) is 10.3. The van der Waals surface area contributed by atoms with Crippen molar-refractivity contribution in [3.05, 3.63) is 41.2 Å². The van der Waals surface area contributed by atoms with Crippen LogP contribution in [0.15, 0.2) is 29.9 Å². The van der Waals surface area contributed by atoms with Gasteiger partial charge in [0.1, 0.15) is 0 Å². The number of hydrogen-bond donors (Lipinski definition) is 1. The third-order valence-corrected chi connectivity index (χ3v) is 2.98. The van der Waals surface area contributed by atoms with E-state index in [4.69, 9.17) is 0 Å². The molecule has 0 aliphatic rings. The van der Waals surface area contributed by atoms with Gasteiger partial charge in [0.15, 0.2) is 5.13 Å². The Balaban J connectivity index is 2.01. The number of amides is 1. The van der Waals surface area contributed by atoms with Gasteiger partial charge >= 0.3 is 0 Å². The fourth-order valence-electron chi connectivity index (χ4n) is 1.43. The van der Waals surface area contributed by atoms with Gasteiger partial charge < -0.3 is 4.90 Å². The molecule has 0 unspecified atom stereocenters. The average molecular weight is 262 g/mol. The maximum Gasteiger partial charge on any atom is 0.259 e. The zero-order chi connectivity index (χ0) is 13.0. The van der Waals surface area contributed by atoms with Crippen molar-refractivity contribution in [3.8, 4) is 0 Å². The summed E-state index contributed by atoms with van der Waals surface area (Å²) in [5.41, 5.74) is 1.48. The molecule has 6 heteroatoms. The minimum atomic E-state index is -0.186. The highest BCUT2D eigenvalue weighted by Gasteiger charge is 2.09. The summed E-state index contributed by atoms with van der Waals surface area (Å²) in [6.07, 6.45) is 3.17. The Morgan fingerprint density at radius 3 is 3.00 bits per heavy atom. The van der Waals surface area contributed by atoms with E-state index in [1.807, 2.05) is 24.4 Å². The number of thiazole rings is 1. The number of carbonyl (C=O) groups excluding carboxylic acids is 1. The number of anilines is 1. The number of nitrogens with zero attached hydrogens (tertiary/aromatic N) is 3. The Bertz CT molecular complexity index is 524. The van der Waals surface area contributed by atoms with E-state index in [1.165, 1.54) is 17.5 Å². The van der Waals surface area contributed by atoms with Crippen molar-refractivity contribution in [2.24, 2.45) is 0 Å². The fraction of sp³-hybridized carbons (Fsp3) is 0.250. The summed E-state index contributed by atoms with van der Waals surface area (Å²) in [5.74, 6) is -0.186. The van der Waals surface area contributed by atoms with Crippen LogP contribution < -0.4 is 5.32 Å². The fourth-order valence-corrected chi connectivity index (χ4v) is 2.12. The molecule has 2 heterocycles. The SMILES string of the molecule is CN(C)Cc1csc(NC(=O)c2cccnc2)n1. The van der Waals surface area contributed by atoms with Gasteiger partial charge in [0.25, 0.3) is 5.91 Å².